The molecule has 0 spiro atoms. The largest absolute Gasteiger partial charge is 0.418 e. The van der Waals surface area contributed by atoms with Gasteiger partial charge in [-0.2, -0.15) is 13.2 Å². The molecule has 34 heavy (non-hydrogen) atoms. The summed E-state index contributed by atoms with van der Waals surface area (Å²) in [6, 6.07) is 9.43. The van der Waals surface area contributed by atoms with Crippen LogP contribution in [0.3, 0.4) is 0 Å². The molecule has 0 radical (unpaired) electrons. The number of aromatic nitrogens is 3. The number of alkyl halides is 3. The van der Waals surface area contributed by atoms with Gasteiger partial charge in [0.2, 0.25) is 5.91 Å². The first-order valence-electron chi connectivity index (χ1n) is 10.8. The van der Waals surface area contributed by atoms with Crippen LogP contribution in [0.5, 0.6) is 0 Å². The van der Waals surface area contributed by atoms with E-state index < -0.39 is 17.6 Å². The van der Waals surface area contributed by atoms with Crippen LogP contribution in [0.2, 0.25) is 0 Å². The fourth-order valence-corrected chi connectivity index (χ4v) is 4.31. The molecule has 1 saturated heterocycles. The molecular weight excluding hydrogens is 449 g/mol. The molecule has 2 aromatic carbocycles. The Morgan fingerprint density at radius 3 is 2.65 bits per heavy atom. The predicted molar refractivity (Wildman–Crippen MR) is 120 cm³/mol. The predicted octanol–water partition coefficient (Wildman–Crippen LogP) is 3.84. The molecular formula is C23H21F3N6O2. The molecule has 176 valence electrons. The minimum Gasteiger partial charge on any atom is -0.390 e. The van der Waals surface area contributed by atoms with Crippen molar-refractivity contribution < 1.29 is 23.1 Å². The summed E-state index contributed by atoms with van der Waals surface area (Å²) in [5.41, 5.74) is 1.72. The summed E-state index contributed by atoms with van der Waals surface area (Å²) in [4.78, 5) is 18.9. The number of hydrogen-bond acceptors (Lipinski definition) is 6. The Morgan fingerprint density at radius 2 is 1.91 bits per heavy atom. The molecule has 3 aromatic rings. The molecule has 11 heteroatoms. The van der Waals surface area contributed by atoms with E-state index in [2.05, 4.69) is 20.6 Å². The zero-order valence-corrected chi connectivity index (χ0v) is 18.0. The number of rotatable bonds is 4. The fourth-order valence-electron chi connectivity index (χ4n) is 4.31. The van der Waals surface area contributed by atoms with Gasteiger partial charge in [-0.05, 0) is 42.7 Å². The minimum atomic E-state index is -4.56. The lowest BCUT2D eigenvalue weighted by Gasteiger charge is -2.24. The number of halogens is 3. The molecule has 0 atom stereocenters. The first kappa shape index (κ1) is 22.1. The van der Waals surface area contributed by atoms with E-state index in [-0.39, 0.29) is 30.1 Å². The van der Waals surface area contributed by atoms with Gasteiger partial charge in [-0.1, -0.05) is 17.3 Å². The molecule has 1 aromatic heterocycles. The van der Waals surface area contributed by atoms with Crippen LogP contribution < -0.4 is 10.2 Å². The first-order chi connectivity index (χ1) is 16.3. The van der Waals surface area contributed by atoms with Crippen molar-refractivity contribution in [3.05, 3.63) is 59.4 Å². The maximum absolute atomic E-state index is 13.8. The third-order valence-electron chi connectivity index (χ3n) is 5.93. The molecule has 0 aliphatic carbocycles. The van der Waals surface area contributed by atoms with Crippen LogP contribution in [-0.4, -0.2) is 44.8 Å². The Kier molecular flexibility index (Phi) is 5.56. The van der Waals surface area contributed by atoms with Gasteiger partial charge < -0.3 is 15.3 Å². The van der Waals surface area contributed by atoms with Crippen molar-refractivity contribution in [3.63, 3.8) is 0 Å². The number of amides is 1. The third kappa shape index (κ3) is 4.14. The molecule has 5 rings (SSSR count). The maximum Gasteiger partial charge on any atom is 0.418 e. The zero-order valence-electron chi connectivity index (χ0n) is 18.0. The lowest BCUT2D eigenvalue weighted by Crippen LogP contribution is -2.22. The number of hydrogen-bond donors (Lipinski definition) is 2. The van der Waals surface area contributed by atoms with E-state index in [9.17, 15) is 23.1 Å². The number of carbonyl (C=O) groups is 1. The number of nitrogens with one attached hydrogen (secondary N) is 1. The number of anilines is 2. The minimum absolute atomic E-state index is 0.0327. The molecule has 1 amide bonds. The Morgan fingerprint density at radius 1 is 1.12 bits per heavy atom. The smallest absolute Gasteiger partial charge is 0.390 e. The van der Waals surface area contributed by atoms with Crippen molar-refractivity contribution in [2.75, 3.05) is 23.3 Å². The number of fused-ring (bicyclic) bond motifs is 1. The van der Waals surface area contributed by atoms with Crippen LogP contribution >= 0.6 is 0 Å². The number of aliphatic imine (C=N–C) groups is 1. The first-order valence-corrected chi connectivity index (χ1v) is 10.8. The van der Waals surface area contributed by atoms with Gasteiger partial charge in [0.1, 0.15) is 0 Å². The highest BCUT2D eigenvalue weighted by Gasteiger charge is 2.37. The van der Waals surface area contributed by atoms with Crippen LogP contribution in [0, 0.1) is 0 Å². The second-order valence-corrected chi connectivity index (χ2v) is 8.21. The lowest BCUT2D eigenvalue weighted by molar-refractivity contribution is -0.137. The van der Waals surface area contributed by atoms with E-state index >= 15 is 0 Å². The van der Waals surface area contributed by atoms with Gasteiger partial charge in [0.15, 0.2) is 0 Å². The van der Waals surface area contributed by atoms with Crippen LogP contribution in [-0.2, 0) is 17.6 Å². The van der Waals surface area contributed by atoms with E-state index in [4.69, 9.17) is 0 Å². The highest BCUT2D eigenvalue weighted by Crippen LogP contribution is 2.44. The number of carbonyl (C=O) groups excluding carboxylic acids is 1. The van der Waals surface area contributed by atoms with E-state index in [1.807, 2.05) is 0 Å². The van der Waals surface area contributed by atoms with Crippen LogP contribution in [0.1, 0.15) is 36.1 Å². The van der Waals surface area contributed by atoms with E-state index in [1.54, 1.807) is 29.2 Å². The Bertz CT molecular complexity index is 1280. The van der Waals surface area contributed by atoms with Gasteiger partial charge in [-0.3, -0.25) is 9.79 Å². The van der Waals surface area contributed by atoms with Crippen molar-refractivity contribution in [2.24, 2.45) is 4.99 Å². The van der Waals surface area contributed by atoms with Crippen LogP contribution in [0.25, 0.3) is 5.69 Å². The molecule has 2 aliphatic rings. The molecule has 0 saturated carbocycles. The zero-order chi connectivity index (χ0) is 23.9. The topological polar surface area (TPSA) is 95.6 Å². The second-order valence-electron chi connectivity index (χ2n) is 8.21. The highest BCUT2D eigenvalue weighted by molar-refractivity contribution is 6.17. The van der Waals surface area contributed by atoms with E-state index in [1.165, 1.54) is 16.9 Å². The average molecular weight is 470 g/mol. The highest BCUT2D eigenvalue weighted by atomic mass is 19.4. The molecule has 3 heterocycles. The monoisotopic (exact) mass is 470 g/mol. The number of aliphatic hydroxyl groups excluding tert-OH is 1. The van der Waals surface area contributed by atoms with Gasteiger partial charge in [-0.15, -0.1) is 5.10 Å². The Balaban J connectivity index is 1.61. The summed E-state index contributed by atoms with van der Waals surface area (Å²) < 4.78 is 43.0. The van der Waals surface area contributed by atoms with Crippen molar-refractivity contribution in [2.45, 2.75) is 32.0 Å². The summed E-state index contributed by atoms with van der Waals surface area (Å²) in [5.74, 6) is -0.457. The SMILES string of the molecule is O=C1CC(c2cccc(-n3nncc3CO)c2)=Nc2cc(N3CCCC3)c(C(F)(F)F)cc2N1. The summed E-state index contributed by atoms with van der Waals surface area (Å²) in [5, 5.41) is 19.9. The molecule has 1 fully saturated rings. The quantitative estimate of drug-likeness (QED) is 0.604. The normalized spacial score (nSPS) is 16.2. The van der Waals surface area contributed by atoms with E-state index in [0.717, 1.165) is 18.9 Å². The van der Waals surface area contributed by atoms with Crippen LogP contribution in [0.4, 0.5) is 30.2 Å². The van der Waals surface area contributed by atoms with Crippen molar-refractivity contribution in [1.29, 1.82) is 0 Å². The maximum atomic E-state index is 13.8. The van der Waals surface area contributed by atoms with Gasteiger partial charge in [-0.25, -0.2) is 4.68 Å². The third-order valence-corrected chi connectivity index (χ3v) is 5.93. The summed E-state index contributed by atoms with van der Waals surface area (Å²) in [6.45, 7) is 0.824. The molecule has 2 N–H and O–H groups in total. The Labute approximate surface area is 192 Å². The van der Waals surface area contributed by atoms with Crippen LogP contribution in [0.15, 0.2) is 47.6 Å². The average Bonchev–Trinajstić information content (AvgIpc) is 3.48. The molecule has 2 aliphatic heterocycles. The molecule has 0 bridgehead atoms. The van der Waals surface area contributed by atoms with E-state index in [0.29, 0.717) is 35.7 Å². The summed E-state index contributed by atoms with van der Waals surface area (Å²) in [7, 11) is 0. The molecule has 8 nitrogen and oxygen atoms in total. The Hall–Kier alpha value is -3.73. The van der Waals surface area contributed by atoms with Gasteiger partial charge >= 0.3 is 6.18 Å². The number of nitrogens with zero attached hydrogens (tertiary/aromatic N) is 5. The van der Waals surface area contributed by atoms with Gasteiger partial charge in [0.25, 0.3) is 0 Å². The standard InChI is InChI=1S/C23H21F3N6O2/c24-23(25,26)17-9-19-20(10-21(17)31-6-1-2-7-31)28-18(11-22(34)29-19)14-4-3-5-15(8-14)32-16(13-33)12-27-30-32/h3-5,8-10,12,33H,1-2,6-7,11,13H2,(H,29,34). The van der Waals surface area contributed by atoms with Gasteiger partial charge in [0.05, 0.1) is 58.9 Å². The second kappa shape index (κ2) is 8.56. The van der Waals surface area contributed by atoms with Crippen molar-refractivity contribution in [3.8, 4) is 5.69 Å². The van der Waals surface area contributed by atoms with Crippen molar-refractivity contribution >= 4 is 28.7 Å². The number of benzene rings is 2. The lowest BCUT2D eigenvalue weighted by atomic mass is 10.1. The van der Waals surface area contributed by atoms with Crippen molar-refractivity contribution in [1.82, 2.24) is 15.0 Å². The fraction of sp³-hybridized carbons (Fsp3) is 0.304. The number of aliphatic hydroxyl groups is 1. The summed E-state index contributed by atoms with van der Waals surface area (Å²) in [6.07, 6.45) is -1.58. The summed E-state index contributed by atoms with van der Waals surface area (Å²) >= 11 is 0. The molecule has 0 unspecified atom stereocenters. The van der Waals surface area contributed by atoms with Gasteiger partial charge in [0, 0.05) is 13.1 Å².